The van der Waals surface area contributed by atoms with Gasteiger partial charge >= 0.3 is 0 Å². The van der Waals surface area contributed by atoms with Gasteiger partial charge < -0.3 is 14.6 Å². The van der Waals surface area contributed by atoms with Crippen LogP contribution in [0, 0.1) is 5.92 Å². The second-order valence-electron chi connectivity index (χ2n) is 7.72. The molecule has 0 saturated carbocycles. The fourth-order valence-corrected chi connectivity index (χ4v) is 4.33. The third-order valence-electron chi connectivity index (χ3n) is 5.92. The molecule has 0 aliphatic carbocycles. The van der Waals surface area contributed by atoms with Gasteiger partial charge in [-0.2, -0.15) is 0 Å². The standard InChI is InChI=1S/C20H27N7O/c1-2-27-19(16-3-4-17-18(11-16)22-14-21-17)23-24-20(27)26-8-6-25(7-9-26)12-15-5-10-28-13-15/h3-4,11,14-15H,2,5-10,12-13H2,1H3,(H,21,22). The summed E-state index contributed by atoms with van der Waals surface area (Å²) >= 11 is 0. The summed E-state index contributed by atoms with van der Waals surface area (Å²) in [7, 11) is 0. The molecule has 0 spiro atoms. The van der Waals surface area contributed by atoms with Crippen LogP contribution in [0.4, 0.5) is 5.95 Å². The number of hydrogen-bond donors (Lipinski definition) is 1. The van der Waals surface area contributed by atoms with E-state index in [0.29, 0.717) is 5.92 Å². The molecule has 0 bridgehead atoms. The van der Waals surface area contributed by atoms with Crippen molar-refractivity contribution in [3.05, 3.63) is 24.5 Å². The van der Waals surface area contributed by atoms with Gasteiger partial charge in [-0.3, -0.25) is 9.47 Å². The van der Waals surface area contributed by atoms with Crippen LogP contribution >= 0.6 is 0 Å². The van der Waals surface area contributed by atoms with E-state index < -0.39 is 0 Å². The Kier molecular flexibility index (Phi) is 4.74. The average Bonchev–Trinajstić information content (AvgIpc) is 3.48. The number of aromatic amines is 1. The number of hydrogen-bond acceptors (Lipinski definition) is 6. The van der Waals surface area contributed by atoms with Gasteiger partial charge in [-0.25, -0.2) is 4.98 Å². The van der Waals surface area contributed by atoms with E-state index in [0.717, 1.165) is 80.9 Å². The number of H-pyrrole nitrogens is 1. The first-order chi connectivity index (χ1) is 13.8. The van der Waals surface area contributed by atoms with Gasteiger partial charge in [0, 0.05) is 51.4 Å². The largest absolute Gasteiger partial charge is 0.381 e. The van der Waals surface area contributed by atoms with Crippen molar-refractivity contribution in [2.45, 2.75) is 19.9 Å². The summed E-state index contributed by atoms with van der Waals surface area (Å²) in [4.78, 5) is 12.4. The summed E-state index contributed by atoms with van der Waals surface area (Å²) in [5, 5.41) is 9.09. The molecule has 2 aliphatic rings. The minimum Gasteiger partial charge on any atom is -0.381 e. The van der Waals surface area contributed by atoms with Crippen LogP contribution in [0.5, 0.6) is 0 Å². The SMILES string of the molecule is CCn1c(-c2ccc3nc[nH]c3c2)nnc1N1CCN(CC2CCOC2)CC1. The molecule has 148 valence electrons. The molecule has 2 saturated heterocycles. The van der Waals surface area contributed by atoms with Crippen LogP contribution in [0.1, 0.15) is 13.3 Å². The Bertz CT molecular complexity index is 935. The molecule has 8 heteroatoms. The molecular weight excluding hydrogens is 354 g/mol. The number of fused-ring (bicyclic) bond motifs is 1. The maximum Gasteiger partial charge on any atom is 0.227 e. The molecule has 0 radical (unpaired) electrons. The second kappa shape index (κ2) is 7.52. The molecule has 2 fully saturated rings. The first kappa shape index (κ1) is 17.6. The van der Waals surface area contributed by atoms with E-state index in [1.165, 1.54) is 6.42 Å². The Hall–Kier alpha value is -2.45. The molecule has 3 aromatic rings. The molecule has 1 unspecified atom stereocenters. The summed E-state index contributed by atoms with van der Waals surface area (Å²) in [5.41, 5.74) is 3.06. The summed E-state index contributed by atoms with van der Waals surface area (Å²) in [5.74, 6) is 2.60. The number of piperazine rings is 1. The van der Waals surface area contributed by atoms with E-state index in [-0.39, 0.29) is 0 Å². The number of ether oxygens (including phenoxy) is 1. The number of imidazole rings is 1. The molecule has 1 aromatic carbocycles. The third-order valence-corrected chi connectivity index (χ3v) is 5.92. The normalized spacial score (nSPS) is 21.0. The Morgan fingerprint density at radius 2 is 2.07 bits per heavy atom. The lowest BCUT2D eigenvalue weighted by molar-refractivity contribution is 0.164. The maximum absolute atomic E-state index is 5.52. The molecular formula is C20H27N7O. The zero-order valence-corrected chi connectivity index (χ0v) is 16.3. The minimum absolute atomic E-state index is 0.704. The van der Waals surface area contributed by atoms with Crippen LogP contribution in [-0.2, 0) is 11.3 Å². The van der Waals surface area contributed by atoms with Crippen molar-refractivity contribution in [2.75, 3.05) is 50.8 Å². The molecule has 1 N–H and O–H groups in total. The molecule has 1 atom stereocenters. The van der Waals surface area contributed by atoms with E-state index >= 15 is 0 Å². The Balaban J connectivity index is 1.32. The van der Waals surface area contributed by atoms with E-state index in [4.69, 9.17) is 4.74 Å². The van der Waals surface area contributed by atoms with Crippen molar-refractivity contribution in [1.82, 2.24) is 29.6 Å². The highest BCUT2D eigenvalue weighted by Gasteiger charge is 2.25. The molecule has 8 nitrogen and oxygen atoms in total. The van der Waals surface area contributed by atoms with Crippen molar-refractivity contribution >= 4 is 17.0 Å². The monoisotopic (exact) mass is 381 g/mol. The smallest absolute Gasteiger partial charge is 0.227 e. The summed E-state index contributed by atoms with van der Waals surface area (Å²) in [6, 6.07) is 6.20. The van der Waals surface area contributed by atoms with Crippen molar-refractivity contribution in [2.24, 2.45) is 5.92 Å². The van der Waals surface area contributed by atoms with Gasteiger partial charge in [0.15, 0.2) is 5.82 Å². The lowest BCUT2D eigenvalue weighted by Crippen LogP contribution is -2.48. The fourth-order valence-electron chi connectivity index (χ4n) is 4.33. The van der Waals surface area contributed by atoms with Gasteiger partial charge in [0.2, 0.25) is 5.95 Å². The second-order valence-corrected chi connectivity index (χ2v) is 7.72. The van der Waals surface area contributed by atoms with Crippen molar-refractivity contribution in [3.8, 4) is 11.4 Å². The van der Waals surface area contributed by atoms with E-state index in [1.54, 1.807) is 6.33 Å². The van der Waals surface area contributed by atoms with Crippen LogP contribution in [0.25, 0.3) is 22.4 Å². The van der Waals surface area contributed by atoms with Crippen LogP contribution in [0.2, 0.25) is 0 Å². The minimum atomic E-state index is 0.704. The number of anilines is 1. The van der Waals surface area contributed by atoms with Crippen molar-refractivity contribution in [3.63, 3.8) is 0 Å². The van der Waals surface area contributed by atoms with Gasteiger partial charge in [-0.15, -0.1) is 10.2 Å². The molecule has 28 heavy (non-hydrogen) atoms. The van der Waals surface area contributed by atoms with Gasteiger partial charge in [0.25, 0.3) is 0 Å². The predicted octanol–water partition coefficient (Wildman–Crippen LogP) is 2.00. The van der Waals surface area contributed by atoms with Gasteiger partial charge in [-0.1, -0.05) is 0 Å². The van der Waals surface area contributed by atoms with Crippen molar-refractivity contribution < 1.29 is 4.74 Å². The highest BCUT2D eigenvalue weighted by atomic mass is 16.5. The first-order valence-electron chi connectivity index (χ1n) is 10.2. The zero-order valence-electron chi connectivity index (χ0n) is 16.3. The Morgan fingerprint density at radius 3 is 2.86 bits per heavy atom. The average molecular weight is 381 g/mol. The molecule has 2 aliphatic heterocycles. The van der Waals surface area contributed by atoms with Crippen LogP contribution in [0.15, 0.2) is 24.5 Å². The molecule has 5 rings (SSSR count). The number of nitrogens with one attached hydrogen (secondary N) is 1. The van der Waals surface area contributed by atoms with E-state index in [1.807, 2.05) is 6.07 Å². The maximum atomic E-state index is 5.52. The van der Waals surface area contributed by atoms with E-state index in [9.17, 15) is 0 Å². The number of aromatic nitrogens is 5. The van der Waals surface area contributed by atoms with Gasteiger partial charge in [0.05, 0.1) is 24.0 Å². The Morgan fingerprint density at radius 1 is 1.18 bits per heavy atom. The summed E-state index contributed by atoms with van der Waals surface area (Å²) in [6.07, 6.45) is 2.93. The highest BCUT2D eigenvalue weighted by molar-refractivity contribution is 5.80. The lowest BCUT2D eigenvalue weighted by atomic mass is 10.1. The zero-order chi connectivity index (χ0) is 18.9. The quantitative estimate of drug-likeness (QED) is 0.729. The van der Waals surface area contributed by atoms with Crippen LogP contribution in [-0.4, -0.2) is 75.6 Å². The highest BCUT2D eigenvalue weighted by Crippen LogP contribution is 2.26. The first-order valence-corrected chi connectivity index (χ1v) is 10.2. The van der Waals surface area contributed by atoms with Crippen LogP contribution < -0.4 is 4.90 Å². The Labute approximate surface area is 164 Å². The van der Waals surface area contributed by atoms with Crippen LogP contribution in [0.3, 0.4) is 0 Å². The van der Waals surface area contributed by atoms with Gasteiger partial charge in [0.1, 0.15) is 0 Å². The molecule has 2 aromatic heterocycles. The third kappa shape index (κ3) is 3.27. The fraction of sp³-hybridized carbons (Fsp3) is 0.550. The lowest BCUT2D eigenvalue weighted by Gasteiger charge is -2.36. The number of rotatable bonds is 5. The number of nitrogens with zero attached hydrogens (tertiary/aromatic N) is 6. The topological polar surface area (TPSA) is 75.1 Å². The summed E-state index contributed by atoms with van der Waals surface area (Å²) < 4.78 is 7.74. The van der Waals surface area contributed by atoms with E-state index in [2.05, 4.69) is 53.6 Å². The molecule has 4 heterocycles. The van der Waals surface area contributed by atoms with Crippen molar-refractivity contribution in [1.29, 1.82) is 0 Å². The predicted molar refractivity (Wildman–Crippen MR) is 108 cm³/mol. The molecule has 0 amide bonds. The van der Waals surface area contributed by atoms with Gasteiger partial charge in [-0.05, 0) is 37.5 Å². The number of benzene rings is 1. The summed E-state index contributed by atoms with van der Waals surface area (Å²) in [6.45, 7) is 10.1.